The van der Waals surface area contributed by atoms with Gasteiger partial charge in [0, 0.05) is 38.9 Å². The highest BCUT2D eigenvalue weighted by Gasteiger charge is 2.26. The summed E-state index contributed by atoms with van der Waals surface area (Å²) in [5.74, 6) is 0. The third-order valence-electron chi connectivity index (χ3n) is 11.9. The van der Waals surface area contributed by atoms with Crippen LogP contribution in [0.4, 0.5) is 11.4 Å². The van der Waals surface area contributed by atoms with Crippen molar-refractivity contribution in [3.8, 4) is 55.6 Å². The zero-order chi connectivity index (χ0) is 50.5. The number of isothiocyanates is 2. The Labute approximate surface area is 421 Å². The lowest BCUT2D eigenvalue weighted by molar-refractivity contribution is 0.481. The number of aromatic amines is 2. The number of nitrogens with one attached hydrogen (secondary N) is 2. The fraction of sp³-hybridized carbons (Fsp3) is 0. The van der Waals surface area contributed by atoms with E-state index >= 15 is 0 Å². The summed E-state index contributed by atoms with van der Waals surface area (Å²) in [5, 5.41) is 4.97. The summed E-state index contributed by atoms with van der Waals surface area (Å²) in [6.45, 7) is 0. The molecule has 5 aromatic carbocycles. The van der Waals surface area contributed by atoms with Crippen LogP contribution in [0.2, 0.25) is 0 Å². The van der Waals surface area contributed by atoms with E-state index in [0.717, 1.165) is 0 Å². The van der Waals surface area contributed by atoms with E-state index in [0.29, 0.717) is 112 Å². The molecule has 2 aliphatic rings. The number of H-pyrrole nitrogens is 2. The van der Waals surface area contributed by atoms with Gasteiger partial charge in [-0.3, -0.25) is 13.7 Å². The van der Waals surface area contributed by atoms with Crippen molar-refractivity contribution < 1.29 is 38.9 Å². The number of fused-ring (bicyclic) bond motifs is 8. The van der Waals surface area contributed by atoms with Crippen molar-refractivity contribution in [2.45, 2.75) is 14.7 Å². The number of hydrogen-bond donors (Lipinski definition) is 5. The first-order valence-corrected chi connectivity index (χ1v) is 26.4. The summed E-state index contributed by atoms with van der Waals surface area (Å²) in [7, 11) is -13.7. The van der Waals surface area contributed by atoms with Gasteiger partial charge in [-0.25, -0.2) is 9.97 Å². The Hall–Kier alpha value is -7.97. The van der Waals surface area contributed by atoms with E-state index in [1.165, 1.54) is 48.5 Å². The van der Waals surface area contributed by atoms with E-state index < -0.39 is 30.4 Å². The van der Waals surface area contributed by atoms with Crippen molar-refractivity contribution in [1.82, 2.24) is 19.9 Å². The van der Waals surface area contributed by atoms with E-state index in [2.05, 4.69) is 25.3 Å². The number of aromatic nitrogens is 4. The van der Waals surface area contributed by atoms with Crippen LogP contribution in [-0.4, -0.2) is 69.2 Å². The molecule has 5 heterocycles. The fourth-order valence-corrected chi connectivity index (χ4v) is 10.4. The quantitative estimate of drug-likeness (QED) is 0.0487. The number of benzene rings is 5. The van der Waals surface area contributed by atoms with Gasteiger partial charge in [0.05, 0.1) is 64.5 Å². The van der Waals surface area contributed by atoms with E-state index in [1.807, 2.05) is 48.5 Å². The SMILES string of the molecule is O=S(=O)(O)c1ccc(-c2c3nc(c(-c4ccc(N=C=S)cc4)c4[nH]c(c(-c5ccc(S(=O)(=O)O)cc5)c5nc(c(-c6ccc(S(=O)(=O)O)cc6)c6ccc2[nH]6)C=C5)c(-c2ccccc2)c4N=C=S)C=C3)cc1. The number of thiocarbonyl (C=S) groups is 2. The van der Waals surface area contributed by atoms with Gasteiger partial charge in [0.15, 0.2) is 0 Å². The lowest BCUT2D eigenvalue weighted by atomic mass is 9.97. The molecule has 0 spiro atoms. The molecule has 0 unspecified atom stereocenters. The highest BCUT2D eigenvalue weighted by molar-refractivity contribution is 7.86. The third-order valence-corrected chi connectivity index (χ3v) is 14.7. The molecular weight excluding hydrogens is 1010 g/mol. The van der Waals surface area contributed by atoms with Crippen LogP contribution in [0, 0.1) is 0 Å². The van der Waals surface area contributed by atoms with E-state index in [1.54, 1.807) is 66.8 Å². The summed E-state index contributed by atoms with van der Waals surface area (Å²) in [6, 6.07) is 37.0. The molecule has 0 atom stereocenters. The molecule has 0 radical (unpaired) electrons. The first-order valence-electron chi connectivity index (χ1n) is 21.3. The molecule has 72 heavy (non-hydrogen) atoms. The van der Waals surface area contributed by atoms with Crippen LogP contribution >= 0.6 is 24.4 Å². The van der Waals surface area contributed by atoms with Gasteiger partial charge in [-0.2, -0.15) is 35.2 Å². The van der Waals surface area contributed by atoms with E-state index in [9.17, 15) is 38.9 Å². The summed E-state index contributed by atoms with van der Waals surface area (Å²) < 4.78 is 103. The molecule has 354 valence electrons. The average molecular weight is 1050 g/mol. The molecule has 0 fully saturated rings. The number of nitrogens with zero attached hydrogens (tertiary/aromatic N) is 4. The molecule has 5 N–H and O–H groups in total. The Balaban J connectivity index is 1.46. The number of rotatable bonds is 10. The molecule has 8 aromatic rings. The van der Waals surface area contributed by atoms with Crippen LogP contribution in [-0.2, 0) is 30.4 Å². The summed E-state index contributed by atoms with van der Waals surface area (Å²) in [5.41, 5.74) is 9.73. The molecule has 0 aliphatic carbocycles. The van der Waals surface area contributed by atoms with Gasteiger partial charge in [-0.1, -0.05) is 78.9 Å². The summed E-state index contributed by atoms with van der Waals surface area (Å²) in [4.78, 5) is 25.6. The Bertz CT molecular complexity index is 4260. The lowest BCUT2D eigenvalue weighted by Gasteiger charge is -2.09. The van der Waals surface area contributed by atoms with Crippen molar-refractivity contribution in [3.63, 3.8) is 0 Å². The predicted molar refractivity (Wildman–Crippen MR) is 285 cm³/mol. The first-order chi connectivity index (χ1) is 34.5. The van der Waals surface area contributed by atoms with Crippen molar-refractivity contribution in [3.05, 3.63) is 162 Å². The smallest absolute Gasteiger partial charge is 0.294 e. The maximum absolute atomic E-state index is 12.4. The normalized spacial score (nSPS) is 12.3. The van der Waals surface area contributed by atoms with Gasteiger partial charge >= 0.3 is 0 Å². The molecule has 0 amide bonds. The van der Waals surface area contributed by atoms with E-state index in [4.69, 9.17) is 39.4 Å². The first kappa shape index (κ1) is 47.7. The Kier molecular flexibility index (Phi) is 12.4. The summed E-state index contributed by atoms with van der Waals surface area (Å²) in [6.07, 6.45) is 7.14. The molecule has 8 bridgehead atoms. The zero-order valence-corrected chi connectivity index (χ0v) is 40.8. The molecule has 0 saturated carbocycles. The van der Waals surface area contributed by atoms with Crippen molar-refractivity contribution in [2.24, 2.45) is 9.98 Å². The summed E-state index contributed by atoms with van der Waals surface area (Å²) >= 11 is 10.3. The second-order valence-electron chi connectivity index (χ2n) is 16.1. The standard InChI is InChI=1S/C52H32N6O9S5/c59-70(60,61)36-16-8-31(9-17-36)45-39-22-23-40(55-39)46(32-10-18-37(19-11-32)71(62,63)64)42-25-27-44(57-42)48(33-6-14-35(15-7-33)53-28-68)52-51(54-29-69)49(30-4-2-1-3-5-30)50(58-52)47(43-26-24-41(45)56-43)34-12-20-38(21-13-34)72(65,66)67/h1-27,55,58H,(H,59,60,61)(H,62,63,64)(H,65,66,67). The van der Waals surface area contributed by atoms with Crippen LogP contribution in [0.15, 0.2) is 164 Å². The van der Waals surface area contributed by atoms with Crippen LogP contribution in [0.3, 0.4) is 0 Å². The van der Waals surface area contributed by atoms with Gasteiger partial charge in [0.2, 0.25) is 0 Å². The molecule has 3 aromatic heterocycles. The Morgan fingerprint density at radius 1 is 0.403 bits per heavy atom. The fourth-order valence-electron chi connectivity index (χ4n) is 8.73. The maximum Gasteiger partial charge on any atom is 0.294 e. The molecule has 10 rings (SSSR count). The van der Waals surface area contributed by atoms with Crippen molar-refractivity contribution >= 4 is 123 Å². The number of hydrogen-bond acceptors (Lipinski definition) is 12. The van der Waals surface area contributed by atoms with Gasteiger partial charge in [-0.05, 0) is 137 Å². The van der Waals surface area contributed by atoms with Crippen molar-refractivity contribution in [2.75, 3.05) is 0 Å². The minimum Gasteiger partial charge on any atom is -0.354 e. The van der Waals surface area contributed by atoms with Gasteiger partial charge < -0.3 is 9.97 Å². The minimum absolute atomic E-state index is 0.323. The van der Waals surface area contributed by atoms with Crippen LogP contribution in [0.1, 0.15) is 22.8 Å². The minimum atomic E-state index is -4.60. The molecule has 0 saturated heterocycles. The monoisotopic (exact) mass is 1040 g/mol. The lowest BCUT2D eigenvalue weighted by Crippen LogP contribution is -1.97. The Morgan fingerprint density at radius 2 is 0.764 bits per heavy atom. The third kappa shape index (κ3) is 9.14. The van der Waals surface area contributed by atoms with Gasteiger partial charge in [0.1, 0.15) is 5.69 Å². The van der Waals surface area contributed by atoms with Crippen molar-refractivity contribution in [1.29, 1.82) is 0 Å². The Morgan fingerprint density at radius 3 is 1.17 bits per heavy atom. The number of aliphatic imine (C=N–C) groups is 2. The van der Waals surface area contributed by atoms with E-state index in [-0.39, 0.29) is 14.7 Å². The maximum atomic E-state index is 12.4. The van der Waals surface area contributed by atoms with Gasteiger partial charge in [-0.15, -0.1) is 0 Å². The molecule has 15 nitrogen and oxygen atoms in total. The second-order valence-corrected chi connectivity index (χ2v) is 20.8. The molecule has 20 heteroatoms. The largest absolute Gasteiger partial charge is 0.354 e. The van der Waals surface area contributed by atoms with Crippen LogP contribution < -0.4 is 0 Å². The molecular formula is C52H32N6O9S5. The highest BCUT2D eigenvalue weighted by Crippen LogP contribution is 2.47. The highest BCUT2D eigenvalue weighted by atomic mass is 32.2. The van der Waals surface area contributed by atoms with Crippen LogP contribution in [0.5, 0.6) is 0 Å². The average Bonchev–Trinajstić information content (AvgIpc) is 4.20. The zero-order valence-electron chi connectivity index (χ0n) is 36.7. The topological polar surface area (TPSA) is 245 Å². The predicted octanol–water partition coefficient (Wildman–Crippen LogP) is 12.2. The molecule has 2 aliphatic heterocycles. The van der Waals surface area contributed by atoms with Crippen LogP contribution in [0.25, 0.3) is 102 Å². The second kappa shape index (κ2) is 18.7. The van der Waals surface area contributed by atoms with Gasteiger partial charge in [0.25, 0.3) is 30.4 Å².